The van der Waals surface area contributed by atoms with Gasteiger partial charge in [-0.3, -0.25) is 0 Å². The summed E-state index contributed by atoms with van der Waals surface area (Å²) in [4.78, 5) is 0. The van der Waals surface area contributed by atoms with Crippen molar-refractivity contribution in [1.82, 2.24) is 5.32 Å². The molecule has 0 atom stereocenters. The summed E-state index contributed by atoms with van der Waals surface area (Å²) in [6.45, 7) is 3.65. The third kappa shape index (κ3) is 1.06. The summed E-state index contributed by atoms with van der Waals surface area (Å²) in [6.07, 6.45) is 9.81. The van der Waals surface area contributed by atoms with Crippen molar-refractivity contribution in [2.45, 2.75) is 0 Å². The minimum absolute atomic E-state index is 0.427. The van der Waals surface area contributed by atoms with Crippen LogP contribution in [0.25, 0.3) is 0 Å². The van der Waals surface area contributed by atoms with Crippen LogP contribution < -0.4 is 5.32 Å². The van der Waals surface area contributed by atoms with E-state index in [4.69, 9.17) is 0 Å². The number of hydrogen-bond acceptors (Lipinski definition) is 1. The van der Waals surface area contributed by atoms with E-state index in [0.717, 1.165) is 0 Å². The molecule has 0 aromatic rings. The molecule has 0 spiro atoms. The van der Waals surface area contributed by atoms with Gasteiger partial charge in [-0.1, -0.05) is 6.42 Å². The molecule has 0 bridgehead atoms. The third-order valence-electron chi connectivity index (χ3n) is 1.10. The molecule has 0 radical (unpaired) electrons. The van der Waals surface area contributed by atoms with Gasteiger partial charge in [0.25, 0.3) is 0 Å². The van der Waals surface area contributed by atoms with Crippen LogP contribution >= 0.6 is 0 Å². The summed E-state index contributed by atoms with van der Waals surface area (Å²) in [5, 5.41) is 2.94. The molecular weight excluding hydrogens is 98.1 g/mol. The van der Waals surface area contributed by atoms with Gasteiger partial charge in [0.1, 0.15) is 5.92 Å². The Hall–Kier alpha value is -0.850. The average Bonchev–Trinajstić information content (AvgIpc) is 1.90. The average molecular weight is 107 g/mol. The van der Waals surface area contributed by atoms with Crippen LogP contribution in [-0.4, -0.2) is 0 Å². The molecule has 1 N–H and O–H groups in total. The molecule has 1 nitrogen and oxygen atoms in total. The Morgan fingerprint density at radius 3 is 2.38 bits per heavy atom. The van der Waals surface area contributed by atoms with E-state index < -0.39 is 0 Å². The Labute approximate surface area is 50.1 Å². The summed E-state index contributed by atoms with van der Waals surface area (Å²) in [5.74, 6) is 0.427. The molecule has 8 heavy (non-hydrogen) atoms. The Kier molecular flexibility index (Phi) is 1.62. The Morgan fingerprint density at radius 1 is 1.38 bits per heavy atom. The van der Waals surface area contributed by atoms with Crippen LogP contribution in [-0.2, 0) is 0 Å². The van der Waals surface area contributed by atoms with Crippen LogP contribution in [0.3, 0.4) is 0 Å². The van der Waals surface area contributed by atoms with Gasteiger partial charge in [0, 0.05) is 12.4 Å². The van der Waals surface area contributed by atoms with Crippen LogP contribution in [0.5, 0.6) is 0 Å². The van der Waals surface area contributed by atoms with Gasteiger partial charge in [-0.15, -0.1) is 6.92 Å². The predicted molar refractivity (Wildman–Crippen MR) is 34.6 cm³/mol. The van der Waals surface area contributed by atoms with E-state index in [1.54, 1.807) is 0 Å². The summed E-state index contributed by atoms with van der Waals surface area (Å²) >= 11 is 0. The first-order chi connectivity index (χ1) is 3.93. The first-order valence-corrected chi connectivity index (χ1v) is 2.65. The van der Waals surface area contributed by atoms with E-state index in [-0.39, 0.29) is 0 Å². The largest absolute Gasteiger partial charge is 0.368 e. The molecule has 1 rings (SSSR count). The molecule has 1 aliphatic rings. The highest BCUT2D eigenvalue weighted by molar-refractivity contribution is 5.11. The van der Waals surface area contributed by atoms with Gasteiger partial charge in [-0.2, -0.15) is 0 Å². The standard InChI is InChI=1S/C7H9N/c1-2-7-3-5-8-6-4-7/h2-8H,1H2. The minimum atomic E-state index is 0.427. The van der Waals surface area contributed by atoms with Gasteiger partial charge < -0.3 is 5.32 Å². The maximum Gasteiger partial charge on any atom is 0.107 e. The number of dihydropyridines is 1. The molecule has 0 saturated heterocycles. The van der Waals surface area contributed by atoms with Gasteiger partial charge in [-0.25, -0.2) is 0 Å². The van der Waals surface area contributed by atoms with Gasteiger partial charge >= 0.3 is 0 Å². The van der Waals surface area contributed by atoms with Crippen LogP contribution in [0.2, 0.25) is 0 Å². The van der Waals surface area contributed by atoms with Gasteiger partial charge in [-0.05, 0) is 12.2 Å². The second kappa shape index (κ2) is 2.46. The zero-order valence-electron chi connectivity index (χ0n) is 4.67. The fraction of sp³-hybridized carbons (Fsp3) is 0.143. The summed E-state index contributed by atoms with van der Waals surface area (Å²) in [5.41, 5.74) is 0. The first kappa shape index (κ1) is 5.29. The molecule has 0 unspecified atom stereocenters. The number of allylic oxidation sites excluding steroid dienone is 2. The maximum absolute atomic E-state index is 3.65. The highest BCUT2D eigenvalue weighted by atomic mass is 14.8. The van der Waals surface area contributed by atoms with Crippen LogP contribution in [0, 0.1) is 19.3 Å². The molecule has 0 aromatic carbocycles. The molecular formula is C7H9N. The molecule has 0 amide bonds. The molecule has 1 aliphatic heterocycles. The lowest BCUT2D eigenvalue weighted by molar-refractivity contribution is 0.933. The quantitative estimate of drug-likeness (QED) is 0.497. The fourth-order valence-electron chi connectivity index (χ4n) is 0.610. The van der Waals surface area contributed by atoms with E-state index in [2.05, 4.69) is 12.2 Å². The molecule has 0 aromatic heterocycles. The summed E-state index contributed by atoms with van der Waals surface area (Å²) in [7, 11) is 0. The monoisotopic (exact) mass is 107 g/mol. The second-order valence-electron chi connectivity index (χ2n) is 1.70. The van der Waals surface area contributed by atoms with E-state index in [9.17, 15) is 0 Å². The molecule has 1 heterocycles. The van der Waals surface area contributed by atoms with Crippen molar-refractivity contribution >= 4 is 0 Å². The number of nitrogens with one attached hydrogen (secondary N) is 1. The molecule has 0 aliphatic carbocycles. The minimum Gasteiger partial charge on any atom is -0.368 e. The smallest absolute Gasteiger partial charge is 0.107 e. The van der Waals surface area contributed by atoms with Crippen molar-refractivity contribution in [3.05, 3.63) is 37.9 Å². The lowest BCUT2D eigenvalue weighted by Crippen LogP contribution is -2.02. The van der Waals surface area contributed by atoms with Crippen molar-refractivity contribution in [1.29, 1.82) is 0 Å². The fourth-order valence-corrected chi connectivity index (χ4v) is 0.610. The predicted octanol–water partition coefficient (Wildman–Crippen LogP) is 1.27. The van der Waals surface area contributed by atoms with Gasteiger partial charge in [0.15, 0.2) is 0 Å². The lowest BCUT2D eigenvalue weighted by atomic mass is 10.1. The molecule has 0 saturated carbocycles. The Bertz CT molecular complexity index is 102. The lowest BCUT2D eigenvalue weighted by Gasteiger charge is -2.02. The SMILES string of the molecule is [CH2-][CH+]C1C=CNC=C1. The Morgan fingerprint density at radius 2 is 2.00 bits per heavy atom. The van der Waals surface area contributed by atoms with Crippen LogP contribution in [0.1, 0.15) is 0 Å². The molecule has 0 fully saturated rings. The normalized spacial score (nSPS) is 18.1. The third-order valence-corrected chi connectivity index (χ3v) is 1.10. The van der Waals surface area contributed by atoms with Crippen molar-refractivity contribution < 1.29 is 0 Å². The maximum atomic E-state index is 3.65. The van der Waals surface area contributed by atoms with Crippen molar-refractivity contribution in [2.24, 2.45) is 5.92 Å². The van der Waals surface area contributed by atoms with E-state index >= 15 is 0 Å². The molecule has 1 heteroatoms. The highest BCUT2D eigenvalue weighted by Gasteiger charge is 2.00. The Balaban J connectivity index is 2.42. The first-order valence-electron chi connectivity index (χ1n) is 2.65. The van der Waals surface area contributed by atoms with Gasteiger partial charge in [0.05, 0.1) is 0 Å². The van der Waals surface area contributed by atoms with Crippen molar-refractivity contribution in [3.63, 3.8) is 0 Å². The number of hydrogen-bond donors (Lipinski definition) is 1. The number of rotatable bonds is 1. The van der Waals surface area contributed by atoms with Gasteiger partial charge in [0.2, 0.25) is 0 Å². The molecule has 42 valence electrons. The summed E-state index contributed by atoms with van der Waals surface area (Å²) in [6, 6.07) is 0. The zero-order chi connectivity index (χ0) is 5.82. The highest BCUT2D eigenvalue weighted by Crippen LogP contribution is 2.05. The van der Waals surface area contributed by atoms with Crippen molar-refractivity contribution in [3.8, 4) is 0 Å². The second-order valence-corrected chi connectivity index (χ2v) is 1.70. The zero-order valence-corrected chi connectivity index (χ0v) is 4.67. The summed E-state index contributed by atoms with van der Waals surface area (Å²) < 4.78 is 0. The van der Waals surface area contributed by atoms with Crippen LogP contribution in [0.4, 0.5) is 0 Å². The van der Waals surface area contributed by atoms with E-state index in [0.29, 0.717) is 5.92 Å². The van der Waals surface area contributed by atoms with E-state index in [1.807, 2.05) is 31.0 Å². The van der Waals surface area contributed by atoms with Crippen molar-refractivity contribution in [2.75, 3.05) is 0 Å². The topological polar surface area (TPSA) is 12.0 Å². The van der Waals surface area contributed by atoms with Crippen LogP contribution in [0.15, 0.2) is 24.6 Å². The van der Waals surface area contributed by atoms with E-state index in [1.165, 1.54) is 0 Å².